The molecule has 1 radical (unpaired) electrons. The van der Waals surface area contributed by atoms with Gasteiger partial charge in [-0.2, -0.15) is 0 Å². The summed E-state index contributed by atoms with van der Waals surface area (Å²) in [4.78, 5) is 2.13. The van der Waals surface area contributed by atoms with Gasteiger partial charge in [-0.05, 0) is 0 Å². The van der Waals surface area contributed by atoms with Crippen LogP contribution in [0.4, 0.5) is 0 Å². The van der Waals surface area contributed by atoms with E-state index < -0.39 is 0 Å². The van der Waals surface area contributed by atoms with Crippen molar-refractivity contribution in [1.82, 2.24) is 10.2 Å². The Kier molecular flexibility index (Phi) is 6.75. The Morgan fingerprint density at radius 2 is 1.70 bits per heavy atom. The van der Waals surface area contributed by atoms with Gasteiger partial charge in [-0.3, -0.25) is 0 Å². The average Bonchev–Trinajstić information content (AvgIpc) is 1.90. The first-order chi connectivity index (χ1) is 4.30. The first-order valence-corrected chi connectivity index (χ1v) is 4.01. The Labute approximate surface area is 88.4 Å². The predicted molar refractivity (Wildman–Crippen MR) is 43.0 cm³/mol. The zero-order chi connectivity index (χ0) is 6.69. The van der Waals surface area contributed by atoms with E-state index in [9.17, 15) is 0 Å². The molecule has 10 heavy (non-hydrogen) atoms. The van der Waals surface area contributed by atoms with Gasteiger partial charge in [0.15, 0.2) is 0 Å². The quantitative estimate of drug-likeness (QED) is 0.490. The Bertz CT molecular complexity index is 85.7. The van der Waals surface area contributed by atoms with Gasteiger partial charge in [0, 0.05) is 48.6 Å². The predicted octanol–water partition coefficient (Wildman–Crippen LogP) is -0.734. The Balaban J connectivity index is 0.000000810. The first kappa shape index (κ1) is 11.4. The molecule has 1 aliphatic rings. The van der Waals surface area contributed by atoms with Crippen LogP contribution < -0.4 is 5.32 Å². The minimum atomic E-state index is -0.105. The molecule has 0 unspecified atom stereocenters. The van der Waals surface area contributed by atoms with E-state index in [2.05, 4.69) is 10.2 Å². The Morgan fingerprint density at radius 3 is 2.00 bits per heavy atom. The topological polar surface area (TPSA) is 15.3 Å². The van der Waals surface area contributed by atoms with Gasteiger partial charge in [0.05, 0.1) is 0 Å². The summed E-state index contributed by atoms with van der Waals surface area (Å²) in [6.45, 7) is 4.09. The number of rotatable bonds is 1. The van der Waals surface area contributed by atoms with Crippen LogP contribution in [0.1, 0.15) is 0 Å². The second-order valence-corrected chi connectivity index (χ2v) is 3.28. The molecular formula is C5H10AuN2S2-2. The molecule has 1 rings (SSSR count). The molecule has 0 aromatic heterocycles. The summed E-state index contributed by atoms with van der Waals surface area (Å²) in [5, 5.41) is 3.24. The SMILES string of the molecule is [Au].[S-]C([S-])N1CCNCC1. The van der Waals surface area contributed by atoms with Crippen molar-refractivity contribution >= 4 is 25.3 Å². The molecule has 1 heterocycles. The molecule has 1 saturated heterocycles. The molecule has 5 heteroatoms. The van der Waals surface area contributed by atoms with E-state index in [-0.39, 0.29) is 27.1 Å². The van der Waals surface area contributed by atoms with Gasteiger partial charge in [0.25, 0.3) is 0 Å². The Hall–Kier alpha value is 1.36. The number of nitrogens with one attached hydrogen (secondary N) is 1. The maximum Gasteiger partial charge on any atom is 0.00783 e. The van der Waals surface area contributed by atoms with Crippen molar-refractivity contribution in [2.45, 2.75) is 4.71 Å². The van der Waals surface area contributed by atoms with Gasteiger partial charge in [0.2, 0.25) is 0 Å². The maximum atomic E-state index is 4.91. The molecule has 0 amide bonds. The van der Waals surface area contributed by atoms with E-state index in [1.54, 1.807) is 0 Å². The van der Waals surface area contributed by atoms with Gasteiger partial charge in [0.1, 0.15) is 0 Å². The average molecular weight is 359 g/mol. The van der Waals surface area contributed by atoms with Gasteiger partial charge in [-0.15, -0.1) is 0 Å². The molecule has 0 atom stereocenters. The van der Waals surface area contributed by atoms with E-state index in [0.29, 0.717) is 0 Å². The van der Waals surface area contributed by atoms with Crippen LogP contribution >= 0.6 is 0 Å². The van der Waals surface area contributed by atoms with Crippen molar-refractivity contribution in [2.24, 2.45) is 0 Å². The van der Waals surface area contributed by atoms with Crippen LogP contribution in [0.3, 0.4) is 0 Å². The number of piperazine rings is 1. The summed E-state index contributed by atoms with van der Waals surface area (Å²) in [6.07, 6.45) is 0. The second kappa shape index (κ2) is 5.94. The molecule has 65 valence electrons. The fourth-order valence-electron chi connectivity index (χ4n) is 0.893. The third-order valence-electron chi connectivity index (χ3n) is 1.45. The van der Waals surface area contributed by atoms with Gasteiger partial charge in [-0.25, -0.2) is 4.71 Å². The molecule has 0 spiro atoms. The van der Waals surface area contributed by atoms with Crippen LogP contribution in [-0.4, -0.2) is 35.8 Å². The van der Waals surface area contributed by atoms with Crippen LogP contribution in [0, 0.1) is 0 Å². The van der Waals surface area contributed by atoms with Crippen molar-refractivity contribution in [3.63, 3.8) is 0 Å². The van der Waals surface area contributed by atoms with Crippen LogP contribution in [-0.2, 0) is 47.6 Å². The van der Waals surface area contributed by atoms with E-state index in [1.165, 1.54) is 0 Å². The van der Waals surface area contributed by atoms with E-state index in [1.807, 2.05) is 0 Å². The fourth-order valence-corrected chi connectivity index (χ4v) is 1.31. The minimum Gasteiger partial charge on any atom is -0.800 e. The van der Waals surface area contributed by atoms with E-state index in [0.717, 1.165) is 26.2 Å². The van der Waals surface area contributed by atoms with Gasteiger partial charge >= 0.3 is 0 Å². The third-order valence-corrected chi connectivity index (χ3v) is 2.05. The smallest absolute Gasteiger partial charge is 0.00783 e. The minimum absolute atomic E-state index is 0. The molecule has 0 bridgehead atoms. The third kappa shape index (κ3) is 3.67. The fraction of sp³-hybridized carbons (Fsp3) is 1.00. The van der Waals surface area contributed by atoms with Gasteiger partial charge in [-0.1, -0.05) is 0 Å². The zero-order valence-electron chi connectivity index (χ0n) is 5.47. The van der Waals surface area contributed by atoms with Crippen molar-refractivity contribution in [3.05, 3.63) is 0 Å². The monoisotopic (exact) mass is 359 g/mol. The van der Waals surface area contributed by atoms with Crippen LogP contribution in [0.5, 0.6) is 0 Å². The first-order valence-electron chi connectivity index (χ1n) is 3.07. The van der Waals surface area contributed by atoms with Crippen LogP contribution in [0.25, 0.3) is 0 Å². The molecule has 1 fully saturated rings. The van der Waals surface area contributed by atoms with E-state index >= 15 is 0 Å². The summed E-state index contributed by atoms with van der Waals surface area (Å²) in [5.74, 6) is 0. The summed E-state index contributed by atoms with van der Waals surface area (Å²) in [5.41, 5.74) is 0. The molecule has 0 saturated carbocycles. The zero-order valence-corrected chi connectivity index (χ0v) is 9.27. The Morgan fingerprint density at radius 1 is 1.20 bits per heavy atom. The van der Waals surface area contributed by atoms with Crippen molar-refractivity contribution in [3.8, 4) is 0 Å². The number of hydrogen-bond donors (Lipinski definition) is 1. The molecule has 0 aliphatic carbocycles. The molecule has 0 aromatic carbocycles. The molecule has 0 aromatic rings. The summed E-state index contributed by atoms with van der Waals surface area (Å²) in [7, 11) is 0. The normalized spacial score (nSPS) is 20.7. The van der Waals surface area contributed by atoms with Crippen molar-refractivity contribution in [1.29, 1.82) is 0 Å². The molecule has 1 aliphatic heterocycles. The summed E-state index contributed by atoms with van der Waals surface area (Å²) >= 11 is 9.82. The van der Waals surface area contributed by atoms with E-state index in [4.69, 9.17) is 25.3 Å². The van der Waals surface area contributed by atoms with Crippen LogP contribution in [0.2, 0.25) is 0 Å². The summed E-state index contributed by atoms with van der Waals surface area (Å²) in [6, 6.07) is 0. The summed E-state index contributed by atoms with van der Waals surface area (Å²) < 4.78 is -0.105. The number of hydrogen-bond acceptors (Lipinski definition) is 4. The molecular weight excluding hydrogens is 349 g/mol. The maximum absolute atomic E-state index is 4.91. The molecule has 2 nitrogen and oxygen atoms in total. The van der Waals surface area contributed by atoms with Crippen LogP contribution in [0.15, 0.2) is 0 Å². The number of nitrogens with zero attached hydrogens (tertiary/aromatic N) is 1. The van der Waals surface area contributed by atoms with Crippen molar-refractivity contribution < 1.29 is 22.4 Å². The largest absolute Gasteiger partial charge is 0.800 e. The van der Waals surface area contributed by atoms with Gasteiger partial charge < -0.3 is 35.5 Å². The second-order valence-electron chi connectivity index (χ2n) is 2.09. The standard InChI is InChI=1S/C5H12N2S2.Au/c8-5(9)7-3-1-6-2-4-7;/h5-6,8-9H,1-4H2;/p-2. The van der Waals surface area contributed by atoms with Crippen molar-refractivity contribution in [2.75, 3.05) is 26.2 Å². The molecule has 1 N–H and O–H groups in total.